The first kappa shape index (κ1) is 20.8. The number of rotatable bonds is 7. The highest BCUT2D eigenvalue weighted by Crippen LogP contribution is 2.19. The van der Waals surface area contributed by atoms with Gasteiger partial charge in [-0.2, -0.15) is 0 Å². The smallest absolute Gasteiger partial charge is 0.343 e. The third-order valence-electron chi connectivity index (χ3n) is 4.77. The predicted octanol–water partition coefficient (Wildman–Crippen LogP) is 2.49. The Morgan fingerprint density at radius 1 is 1.23 bits per heavy atom. The van der Waals surface area contributed by atoms with Crippen molar-refractivity contribution in [3.8, 4) is 0 Å². The van der Waals surface area contributed by atoms with Gasteiger partial charge in [0.05, 0.1) is 37.6 Å². The van der Waals surface area contributed by atoms with E-state index in [2.05, 4.69) is 4.74 Å². The Morgan fingerprint density at radius 3 is 2.57 bits per heavy atom. The van der Waals surface area contributed by atoms with Crippen LogP contribution in [0.1, 0.15) is 37.9 Å². The number of furan rings is 1. The van der Waals surface area contributed by atoms with Crippen molar-refractivity contribution in [2.75, 3.05) is 7.11 Å². The van der Waals surface area contributed by atoms with Gasteiger partial charge in [0.1, 0.15) is 11.3 Å². The minimum Gasteiger partial charge on any atom is -0.467 e. The average Bonchev–Trinajstić information content (AvgIpc) is 3.32. The van der Waals surface area contributed by atoms with Gasteiger partial charge in [-0.3, -0.25) is 19.7 Å². The number of aromatic nitrogens is 2. The molecular formula is C20H19N3O7. The van der Waals surface area contributed by atoms with E-state index in [9.17, 15) is 24.5 Å². The van der Waals surface area contributed by atoms with Gasteiger partial charge >= 0.3 is 5.97 Å². The fraction of sp³-hybridized carbons (Fsp3) is 0.250. The largest absolute Gasteiger partial charge is 0.467 e. The number of nitrogens with zero attached hydrogens (tertiary/aromatic N) is 3. The third kappa shape index (κ3) is 3.93. The van der Waals surface area contributed by atoms with Crippen LogP contribution >= 0.6 is 0 Å². The molecule has 0 N–H and O–H groups in total. The molecule has 10 heteroatoms. The van der Waals surface area contributed by atoms with Crippen LogP contribution in [0, 0.1) is 24.0 Å². The lowest BCUT2D eigenvalue weighted by atomic mass is 10.1. The molecule has 0 aliphatic rings. The van der Waals surface area contributed by atoms with Crippen molar-refractivity contribution in [1.29, 1.82) is 0 Å². The summed E-state index contributed by atoms with van der Waals surface area (Å²) in [6.45, 7) is 3.57. The summed E-state index contributed by atoms with van der Waals surface area (Å²) >= 11 is 0. The number of aryl methyl sites for hydroxylation is 1. The van der Waals surface area contributed by atoms with Crippen LogP contribution in [-0.4, -0.2) is 32.9 Å². The highest BCUT2D eigenvalue weighted by Gasteiger charge is 2.22. The fourth-order valence-electron chi connectivity index (χ4n) is 3.22. The van der Waals surface area contributed by atoms with E-state index in [1.807, 2.05) is 17.6 Å². The van der Waals surface area contributed by atoms with Gasteiger partial charge in [-0.05, 0) is 32.0 Å². The van der Waals surface area contributed by atoms with Crippen LogP contribution < -0.4 is 5.56 Å². The number of methoxy groups -OCH3 is 1. The summed E-state index contributed by atoms with van der Waals surface area (Å²) in [5, 5.41) is 11.2. The number of pyridine rings is 1. The summed E-state index contributed by atoms with van der Waals surface area (Å²) in [6, 6.07) is 6.11. The molecule has 0 fully saturated rings. The molecule has 0 aliphatic heterocycles. The van der Waals surface area contributed by atoms with Crippen LogP contribution in [0.2, 0.25) is 0 Å². The minimum atomic E-state index is -1.01. The number of nitro groups is 1. The van der Waals surface area contributed by atoms with Gasteiger partial charge in [-0.15, -0.1) is 0 Å². The summed E-state index contributed by atoms with van der Waals surface area (Å²) in [4.78, 5) is 47.7. The van der Waals surface area contributed by atoms with Gasteiger partial charge in [0.25, 0.3) is 11.2 Å². The first-order chi connectivity index (χ1) is 14.2. The zero-order valence-corrected chi connectivity index (χ0v) is 16.6. The number of esters is 1. The predicted molar refractivity (Wildman–Crippen MR) is 105 cm³/mol. The Labute approximate surface area is 170 Å². The lowest BCUT2D eigenvalue weighted by molar-refractivity contribution is -0.385. The fourth-order valence-corrected chi connectivity index (χ4v) is 3.22. The molecule has 156 valence electrons. The maximum atomic E-state index is 12.9. The van der Waals surface area contributed by atoms with Crippen molar-refractivity contribution in [2.24, 2.45) is 0 Å². The van der Waals surface area contributed by atoms with Crippen molar-refractivity contribution in [3.63, 3.8) is 0 Å². The molecule has 3 aromatic rings. The second-order valence-electron chi connectivity index (χ2n) is 6.67. The van der Waals surface area contributed by atoms with Gasteiger partial charge < -0.3 is 18.3 Å². The van der Waals surface area contributed by atoms with Crippen molar-refractivity contribution in [2.45, 2.75) is 26.9 Å². The molecule has 0 spiro atoms. The molecule has 3 heterocycles. The van der Waals surface area contributed by atoms with Gasteiger partial charge in [0.15, 0.2) is 5.78 Å². The molecule has 0 bridgehead atoms. The maximum absolute atomic E-state index is 12.9. The van der Waals surface area contributed by atoms with Crippen molar-refractivity contribution < 1.29 is 23.7 Å². The summed E-state index contributed by atoms with van der Waals surface area (Å²) < 4.78 is 12.6. The number of Topliss-reactive ketones (excluding diaryl/α,β-unsaturated/α-hetero) is 1. The standard InChI is InChI=1S/C20H19N3O7/c1-12-7-16(13(2)22(12)10-15-5-4-6-30-15)18(24)11-21-9-14(23(27)28)8-17(19(21)25)20(26)29-3/h4-9H,10-11H2,1-3H3. The monoisotopic (exact) mass is 413 g/mol. The van der Waals surface area contributed by atoms with Crippen molar-refractivity contribution >= 4 is 17.4 Å². The highest BCUT2D eigenvalue weighted by atomic mass is 16.6. The summed E-state index contributed by atoms with van der Waals surface area (Å²) in [5.41, 5.74) is 0.00520. The third-order valence-corrected chi connectivity index (χ3v) is 4.77. The second-order valence-corrected chi connectivity index (χ2v) is 6.67. The Morgan fingerprint density at radius 2 is 1.97 bits per heavy atom. The van der Waals surface area contributed by atoms with Gasteiger partial charge in [0.2, 0.25) is 0 Å². The van der Waals surface area contributed by atoms with Crippen LogP contribution in [-0.2, 0) is 17.8 Å². The summed E-state index contributed by atoms with van der Waals surface area (Å²) in [7, 11) is 1.06. The summed E-state index contributed by atoms with van der Waals surface area (Å²) in [5.74, 6) is -0.720. The van der Waals surface area contributed by atoms with E-state index in [0.717, 1.165) is 29.6 Å². The molecule has 0 aliphatic carbocycles. The van der Waals surface area contributed by atoms with E-state index in [0.29, 0.717) is 23.6 Å². The van der Waals surface area contributed by atoms with Crippen LogP contribution in [0.3, 0.4) is 0 Å². The van der Waals surface area contributed by atoms with Gasteiger partial charge in [0, 0.05) is 23.0 Å². The Kier molecular flexibility index (Phi) is 5.67. The molecule has 0 amide bonds. The molecule has 3 aromatic heterocycles. The van der Waals surface area contributed by atoms with E-state index in [1.165, 1.54) is 0 Å². The normalized spacial score (nSPS) is 10.8. The first-order valence-electron chi connectivity index (χ1n) is 8.92. The van der Waals surface area contributed by atoms with E-state index in [-0.39, 0.29) is 0 Å². The lowest BCUT2D eigenvalue weighted by Gasteiger charge is -2.09. The van der Waals surface area contributed by atoms with E-state index in [1.54, 1.807) is 25.3 Å². The maximum Gasteiger partial charge on any atom is 0.343 e. The van der Waals surface area contributed by atoms with Crippen LogP contribution in [0.25, 0.3) is 0 Å². The molecule has 0 saturated carbocycles. The summed E-state index contributed by atoms with van der Waals surface area (Å²) in [6.07, 6.45) is 2.50. The number of hydrogen-bond donors (Lipinski definition) is 0. The van der Waals surface area contributed by atoms with E-state index >= 15 is 0 Å². The molecular weight excluding hydrogens is 394 g/mol. The van der Waals surface area contributed by atoms with Crippen molar-refractivity contribution in [3.05, 3.63) is 85.5 Å². The SMILES string of the molecule is COC(=O)c1cc([N+](=O)[O-])cn(CC(=O)c2cc(C)n(Cc3ccco3)c2C)c1=O. The second kappa shape index (κ2) is 8.19. The molecule has 3 rings (SSSR count). The first-order valence-corrected chi connectivity index (χ1v) is 8.92. The van der Waals surface area contributed by atoms with E-state index < -0.39 is 40.0 Å². The number of ether oxygens (including phenoxy) is 1. The topological polar surface area (TPSA) is 127 Å². The molecule has 0 saturated heterocycles. The Balaban J connectivity index is 1.96. The zero-order chi connectivity index (χ0) is 22.0. The zero-order valence-electron chi connectivity index (χ0n) is 16.6. The Hall–Kier alpha value is -3.95. The molecule has 0 atom stereocenters. The molecule has 30 heavy (non-hydrogen) atoms. The molecule has 0 aromatic carbocycles. The molecule has 0 radical (unpaired) electrons. The van der Waals surface area contributed by atoms with Crippen LogP contribution in [0.5, 0.6) is 0 Å². The number of carbonyl (C=O) groups excluding carboxylic acids is 2. The Bertz CT molecular complexity index is 1190. The van der Waals surface area contributed by atoms with Crippen molar-refractivity contribution in [1.82, 2.24) is 9.13 Å². The van der Waals surface area contributed by atoms with E-state index in [4.69, 9.17) is 4.42 Å². The number of hydrogen-bond acceptors (Lipinski definition) is 7. The van der Waals surface area contributed by atoms with Crippen LogP contribution in [0.15, 0.2) is 45.9 Å². The van der Waals surface area contributed by atoms with Gasteiger partial charge in [-0.1, -0.05) is 0 Å². The van der Waals surface area contributed by atoms with Crippen LogP contribution in [0.4, 0.5) is 5.69 Å². The van der Waals surface area contributed by atoms with Gasteiger partial charge in [-0.25, -0.2) is 4.79 Å². The number of carbonyl (C=O) groups is 2. The molecule has 0 unspecified atom stereocenters. The lowest BCUT2D eigenvalue weighted by Crippen LogP contribution is -2.29. The highest BCUT2D eigenvalue weighted by molar-refractivity contribution is 5.97. The molecule has 10 nitrogen and oxygen atoms in total. The quantitative estimate of drug-likeness (QED) is 0.252. The average molecular weight is 413 g/mol. The number of ketones is 1. The minimum absolute atomic E-state index is 0.372.